The molecule has 0 rings (SSSR count). The summed E-state index contributed by atoms with van der Waals surface area (Å²) in [6.07, 6.45) is 77.7. The van der Waals surface area contributed by atoms with E-state index in [0.717, 1.165) is 44.9 Å². The first-order valence-electron chi connectivity index (χ1n) is 33.1. The molecule has 0 saturated carbocycles. The lowest BCUT2D eigenvalue weighted by Crippen LogP contribution is -2.45. The van der Waals surface area contributed by atoms with Crippen molar-refractivity contribution in [2.75, 3.05) is 13.2 Å². The second-order valence-corrected chi connectivity index (χ2v) is 22.8. The fraction of sp³-hybridized carbons (Fsp3) is 0.910. The molecule has 0 heterocycles. The molecule has 1 amide bonds. The molecule has 0 fully saturated rings. The number of hydrogen-bond acceptors (Lipinski definition) is 5. The Kier molecular flexibility index (Phi) is 61.4. The van der Waals surface area contributed by atoms with Gasteiger partial charge in [-0.3, -0.25) is 9.59 Å². The van der Waals surface area contributed by atoms with Gasteiger partial charge in [-0.05, 0) is 77.0 Å². The van der Waals surface area contributed by atoms with E-state index in [2.05, 4.69) is 43.5 Å². The third-order valence-corrected chi connectivity index (χ3v) is 15.5. The van der Waals surface area contributed by atoms with Crippen molar-refractivity contribution in [2.45, 2.75) is 379 Å². The van der Waals surface area contributed by atoms with Crippen molar-refractivity contribution in [1.29, 1.82) is 0 Å². The zero-order valence-electron chi connectivity index (χ0n) is 49.4. The summed E-state index contributed by atoms with van der Waals surface area (Å²) >= 11 is 0. The van der Waals surface area contributed by atoms with Gasteiger partial charge >= 0.3 is 5.97 Å². The molecule has 0 aromatic heterocycles. The van der Waals surface area contributed by atoms with Crippen LogP contribution in [0, 0.1) is 0 Å². The van der Waals surface area contributed by atoms with Gasteiger partial charge in [0.2, 0.25) is 5.91 Å². The summed E-state index contributed by atoms with van der Waals surface area (Å²) < 4.78 is 5.50. The molecule has 0 aliphatic rings. The van der Waals surface area contributed by atoms with Crippen LogP contribution in [0.4, 0.5) is 0 Å². The van der Waals surface area contributed by atoms with Gasteiger partial charge in [-0.25, -0.2) is 0 Å². The molecule has 0 aromatic rings. The van der Waals surface area contributed by atoms with Crippen LogP contribution in [0.3, 0.4) is 0 Å². The van der Waals surface area contributed by atoms with Crippen molar-refractivity contribution < 1.29 is 24.5 Å². The molecule has 0 aromatic carbocycles. The molecule has 0 bridgehead atoms. The average molecular weight is 1030 g/mol. The van der Waals surface area contributed by atoms with Crippen LogP contribution in [0.1, 0.15) is 367 Å². The largest absolute Gasteiger partial charge is 0.466 e. The number of ether oxygens (including phenoxy) is 1. The topological polar surface area (TPSA) is 95.9 Å². The van der Waals surface area contributed by atoms with E-state index in [1.165, 1.54) is 289 Å². The van der Waals surface area contributed by atoms with Crippen molar-refractivity contribution in [2.24, 2.45) is 0 Å². The highest BCUT2D eigenvalue weighted by Gasteiger charge is 2.20. The summed E-state index contributed by atoms with van der Waals surface area (Å²) in [4.78, 5) is 24.6. The Labute approximate surface area is 456 Å². The highest BCUT2D eigenvalue weighted by Crippen LogP contribution is 2.18. The lowest BCUT2D eigenvalue weighted by Gasteiger charge is -2.22. The van der Waals surface area contributed by atoms with Gasteiger partial charge in [-0.2, -0.15) is 0 Å². The Balaban J connectivity index is 3.38. The third-order valence-electron chi connectivity index (χ3n) is 15.5. The van der Waals surface area contributed by atoms with Gasteiger partial charge in [-0.15, -0.1) is 0 Å². The third kappa shape index (κ3) is 59.4. The first kappa shape index (κ1) is 71.3. The zero-order chi connectivity index (χ0) is 52.9. The molecular weight excluding hydrogens is 899 g/mol. The molecule has 0 spiro atoms. The molecule has 73 heavy (non-hydrogen) atoms. The number of rotatable bonds is 62. The van der Waals surface area contributed by atoms with E-state index in [-0.39, 0.29) is 18.5 Å². The summed E-state index contributed by atoms with van der Waals surface area (Å²) in [5, 5.41) is 23.3. The molecule has 0 aliphatic heterocycles. The SMILES string of the molecule is CCCCCCCCC/C=C\CCCCCCCCCC(=O)OCCCCCCCCCCCCCC/C=C\CCCCCCCCCCC(=O)NC(CO)C(O)CCCCCCCCCCCCCCCC. The van der Waals surface area contributed by atoms with Gasteiger partial charge in [0.1, 0.15) is 0 Å². The van der Waals surface area contributed by atoms with Gasteiger partial charge in [0.25, 0.3) is 0 Å². The van der Waals surface area contributed by atoms with Gasteiger partial charge < -0.3 is 20.3 Å². The van der Waals surface area contributed by atoms with E-state index in [9.17, 15) is 19.8 Å². The lowest BCUT2D eigenvalue weighted by atomic mass is 10.0. The predicted molar refractivity (Wildman–Crippen MR) is 320 cm³/mol. The van der Waals surface area contributed by atoms with Crippen LogP contribution >= 0.6 is 0 Å². The van der Waals surface area contributed by atoms with Gasteiger partial charge in [0.15, 0.2) is 0 Å². The Hall–Kier alpha value is -1.66. The number of carbonyl (C=O) groups is 2. The number of carbonyl (C=O) groups excluding carboxylic acids is 2. The van der Waals surface area contributed by atoms with Gasteiger partial charge in [0.05, 0.1) is 25.4 Å². The van der Waals surface area contributed by atoms with Crippen LogP contribution in [0.25, 0.3) is 0 Å². The minimum absolute atomic E-state index is 0.0102. The van der Waals surface area contributed by atoms with Crippen LogP contribution < -0.4 is 5.32 Å². The molecule has 6 nitrogen and oxygen atoms in total. The Morgan fingerprint density at radius 3 is 0.973 bits per heavy atom. The molecule has 3 N–H and O–H groups in total. The minimum Gasteiger partial charge on any atom is -0.466 e. The van der Waals surface area contributed by atoms with Crippen molar-refractivity contribution >= 4 is 11.9 Å². The predicted octanol–water partition coefficient (Wildman–Crippen LogP) is 21.0. The van der Waals surface area contributed by atoms with Crippen LogP contribution in [0.2, 0.25) is 0 Å². The fourth-order valence-electron chi connectivity index (χ4n) is 10.4. The first-order chi connectivity index (χ1) is 36.0. The highest BCUT2D eigenvalue weighted by atomic mass is 16.5. The van der Waals surface area contributed by atoms with Crippen LogP contribution in [-0.2, 0) is 14.3 Å². The Bertz CT molecular complexity index is 1140. The number of allylic oxidation sites excluding steroid dienone is 4. The summed E-state index contributed by atoms with van der Waals surface area (Å²) in [5.74, 6) is -0.0275. The maximum atomic E-state index is 12.5. The molecular formula is C67H129NO5. The first-order valence-corrected chi connectivity index (χ1v) is 33.1. The van der Waals surface area contributed by atoms with Crippen LogP contribution in [-0.4, -0.2) is 47.4 Å². The van der Waals surface area contributed by atoms with Crippen molar-refractivity contribution in [3.8, 4) is 0 Å². The number of unbranched alkanes of at least 4 members (excludes halogenated alkanes) is 47. The normalized spacial score (nSPS) is 12.7. The maximum Gasteiger partial charge on any atom is 0.305 e. The average Bonchev–Trinajstić information content (AvgIpc) is 3.39. The van der Waals surface area contributed by atoms with E-state index in [0.29, 0.717) is 25.9 Å². The minimum atomic E-state index is -0.666. The second kappa shape index (κ2) is 62.9. The number of hydrogen-bond donors (Lipinski definition) is 3. The molecule has 0 radical (unpaired) electrons. The summed E-state index contributed by atoms with van der Waals surface area (Å²) in [7, 11) is 0. The quantitative estimate of drug-likeness (QED) is 0.0320. The standard InChI is InChI=1S/C67H129NO5/c1-3-5-7-9-11-13-15-17-19-20-30-33-37-41-45-49-53-57-61-67(72)73-62-58-54-50-46-42-38-34-31-28-26-24-22-21-23-25-27-29-32-36-40-44-48-52-56-60-66(71)68-64(63-69)65(70)59-55-51-47-43-39-35-18-16-14-12-10-8-6-4-2/h19-20,23,25,64-65,69-70H,3-18,21-22,24,26-63H2,1-2H3,(H,68,71)/b20-19-,25-23-. The number of aliphatic hydroxyl groups excluding tert-OH is 2. The fourth-order valence-corrected chi connectivity index (χ4v) is 10.4. The smallest absolute Gasteiger partial charge is 0.305 e. The van der Waals surface area contributed by atoms with E-state index < -0.39 is 12.1 Å². The number of amides is 1. The van der Waals surface area contributed by atoms with E-state index in [1.807, 2.05) is 0 Å². The molecule has 0 aliphatic carbocycles. The van der Waals surface area contributed by atoms with Crippen LogP contribution in [0.5, 0.6) is 0 Å². The molecule has 2 atom stereocenters. The zero-order valence-corrected chi connectivity index (χ0v) is 49.4. The van der Waals surface area contributed by atoms with E-state index >= 15 is 0 Å². The monoisotopic (exact) mass is 1030 g/mol. The van der Waals surface area contributed by atoms with Gasteiger partial charge in [-0.1, -0.05) is 301 Å². The number of aliphatic hydroxyl groups is 2. The molecule has 6 heteroatoms. The Morgan fingerprint density at radius 1 is 0.370 bits per heavy atom. The maximum absolute atomic E-state index is 12.5. The van der Waals surface area contributed by atoms with Crippen molar-refractivity contribution in [3.05, 3.63) is 24.3 Å². The second-order valence-electron chi connectivity index (χ2n) is 22.8. The summed E-state index contributed by atoms with van der Waals surface area (Å²) in [6, 6.07) is -0.544. The van der Waals surface area contributed by atoms with Crippen molar-refractivity contribution in [3.63, 3.8) is 0 Å². The van der Waals surface area contributed by atoms with E-state index in [4.69, 9.17) is 4.74 Å². The van der Waals surface area contributed by atoms with Gasteiger partial charge in [0, 0.05) is 12.8 Å². The molecule has 2 unspecified atom stereocenters. The summed E-state index contributed by atoms with van der Waals surface area (Å²) in [6.45, 7) is 4.97. The highest BCUT2D eigenvalue weighted by molar-refractivity contribution is 5.76. The summed E-state index contributed by atoms with van der Waals surface area (Å²) in [5.41, 5.74) is 0. The molecule has 432 valence electrons. The lowest BCUT2D eigenvalue weighted by molar-refractivity contribution is -0.143. The molecule has 0 saturated heterocycles. The van der Waals surface area contributed by atoms with Crippen molar-refractivity contribution in [1.82, 2.24) is 5.32 Å². The van der Waals surface area contributed by atoms with Crippen LogP contribution in [0.15, 0.2) is 24.3 Å². The number of nitrogens with one attached hydrogen (secondary N) is 1. The number of esters is 1. The van der Waals surface area contributed by atoms with E-state index in [1.54, 1.807) is 0 Å². The Morgan fingerprint density at radius 2 is 0.644 bits per heavy atom.